The van der Waals surface area contributed by atoms with E-state index in [2.05, 4.69) is 66.1 Å². The van der Waals surface area contributed by atoms with Gasteiger partial charge in [-0.2, -0.15) is 0 Å². The summed E-state index contributed by atoms with van der Waals surface area (Å²) in [7, 11) is 0. The first-order chi connectivity index (χ1) is 26.2. The molecule has 0 bridgehead atoms. The van der Waals surface area contributed by atoms with Crippen LogP contribution in [0.5, 0.6) is 34.8 Å². The van der Waals surface area contributed by atoms with Gasteiger partial charge in [-0.15, -0.1) is 0 Å². The number of halogens is 2. The predicted octanol–water partition coefficient (Wildman–Crippen LogP) is 11.2. The van der Waals surface area contributed by atoms with Crippen LogP contribution in [-0.4, -0.2) is 19.8 Å². The maximum atomic E-state index is 10.7. The molecule has 6 aromatic rings. The summed E-state index contributed by atoms with van der Waals surface area (Å²) in [5.41, 5.74) is 4.29. The van der Waals surface area contributed by atoms with Crippen LogP contribution in [0.15, 0.2) is 131 Å². The molecule has 0 N–H and O–H groups in total. The molecule has 2 aromatic heterocycles. The summed E-state index contributed by atoms with van der Waals surface area (Å²) in [6.07, 6.45) is 5.91. The fourth-order valence-corrected chi connectivity index (χ4v) is 6.90. The number of pyridine rings is 2. The van der Waals surface area contributed by atoms with E-state index in [-0.39, 0.29) is 23.6 Å². The van der Waals surface area contributed by atoms with E-state index in [0.717, 1.165) is 68.4 Å². The van der Waals surface area contributed by atoms with E-state index in [1.165, 1.54) is 36.7 Å². The highest BCUT2D eigenvalue weighted by molar-refractivity contribution is 9.10. The number of hydrogen-bond acceptors (Lipinski definition) is 10. The van der Waals surface area contributed by atoms with Gasteiger partial charge in [-0.05, 0) is 109 Å². The lowest BCUT2D eigenvalue weighted by Gasteiger charge is -2.27. The quantitative estimate of drug-likeness (QED) is 0.107. The predicted molar refractivity (Wildman–Crippen MR) is 206 cm³/mol. The molecule has 4 heterocycles. The fourth-order valence-electron chi connectivity index (χ4n) is 6.06. The van der Waals surface area contributed by atoms with Crippen LogP contribution in [0.2, 0.25) is 0 Å². The maximum Gasteiger partial charge on any atom is 0.287 e. The number of nitrogens with zero attached hydrogens (tertiary/aromatic N) is 4. The topological polar surface area (TPSA) is 149 Å². The van der Waals surface area contributed by atoms with E-state index >= 15 is 0 Å². The van der Waals surface area contributed by atoms with Crippen molar-refractivity contribution in [3.63, 3.8) is 0 Å². The Labute approximate surface area is 326 Å². The summed E-state index contributed by atoms with van der Waals surface area (Å²) in [5.74, 6) is 3.55. The zero-order valence-electron chi connectivity index (χ0n) is 28.3. The van der Waals surface area contributed by atoms with Crippen molar-refractivity contribution >= 4 is 43.2 Å². The van der Waals surface area contributed by atoms with Crippen LogP contribution in [0, 0.1) is 20.2 Å². The van der Waals surface area contributed by atoms with Crippen LogP contribution in [0.1, 0.15) is 47.3 Å². The van der Waals surface area contributed by atoms with Crippen molar-refractivity contribution in [3.05, 3.63) is 173 Å². The lowest BCUT2D eigenvalue weighted by Crippen LogP contribution is -2.15. The number of ether oxygens (including phenoxy) is 4. The van der Waals surface area contributed by atoms with Crippen molar-refractivity contribution in [2.75, 3.05) is 0 Å². The van der Waals surface area contributed by atoms with Crippen LogP contribution < -0.4 is 18.9 Å². The van der Waals surface area contributed by atoms with Crippen LogP contribution in [-0.2, 0) is 12.8 Å². The molecule has 0 aliphatic carbocycles. The second kappa shape index (κ2) is 16.4. The minimum absolute atomic E-state index is 0.0260. The summed E-state index contributed by atoms with van der Waals surface area (Å²) in [4.78, 5) is 28.3. The van der Waals surface area contributed by atoms with E-state index in [4.69, 9.17) is 18.9 Å². The smallest absolute Gasteiger partial charge is 0.287 e. The number of benzene rings is 4. The Morgan fingerprint density at radius 2 is 1.04 bits per heavy atom. The number of rotatable bonds is 8. The normalized spacial score (nSPS) is 15.5. The van der Waals surface area contributed by atoms with Gasteiger partial charge >= 0.3 is 0 Å². The van der Waals surface area contributed by atoms with Gasteiger partial charge < -0.3 is 18.9 Å². The molecule has 2 atom stereocenters. The summed E-state index contributed by atoms with van der Waals surface area (Å²) < 4.78 is 25.8. The molecule has 8 rings (SSSR count). The summed E-state index contributed by atoms with van der Waals surface area (Å²) in [6, 6.07) is 33.2. The van der Waals surface area contributed by atoms with Gasteiger partial charge in [-0.1, -0.05) is 56.1 Å². The highest BCUT2D eigenvalue weighted by atomic mass is 79.9. The van der Waals surface area contributed by atoms with E-state index in [9.17, 15) is 20.2 Å². The van der Waals surface area contributed by atoms with Gasteiger partial charge in [-0.25, -0.2) is 9.97 Å². The molecule has 2 unspecified atom stereocenters. The van der Waals surface area contributed by atoms with Gasteiger partial charge in [0.15, 0.2) is 0 Å². The highest BCUT2D eigenvalue weighted by Crippen LogP contribution is 2.39. The molecule has 272 valence electrons. The average molecular weight is 855 g/mol. The molecule has 0 saturated carbocycles. The SMILES string of the molecule is O=[N+]([O-])c1ccc(Oc2ccc3c(c2)CCC(c2cccc(Br)c2)O3)nc1.O=[N+]([O-])c1ccc(Oc2ccc3c(c2)CCC(c2cccc(Br)c2)O3)nc1. The van der Waals surface area contributed by atoms with E-state index in [0.29, 0.717) is 23.3 Å². The molecule has 54 heavy (non-hydrogen) atoms. The van der Waals surface area contributed by atoms with E-state index < -0.39 is 9.85 Å². The van der Waals surface area contributed by atoms with Gasteiger partial charge in [0.1, 0.15) is 47.6 Å². The van der Waals surface area contributed by atoms with Gasteiger partial charge in [-0.3, -0.25) is 20.2 Å². The number of aryl methyl sites for hydroxylation is 2. The van der Waals surface area contributed by atoms with Crippen molar-refractivity contribution in [2.45, 2.75) is 37.9 Å². The fraction of sp³-hybridized carbons (Fsp3) is 0.150. The first-order valence-corrected chi connectivity index (χ1v) is 18.4. The molecule has 12 nitrogen and oxygen atoms in total. The monoisotopic (exact) mass is 852 g/mol. The molecule has 0 spiro atoms. The summed E-state index contributed by atoms with van der Waals surface area (Å²) >= 11 is 7.00. The minimum atomic E-state index is -0.491. The molecule has 0 saturated heterocycles. The minimum Gasteiger partial charge on any atom is -0.485 e. The molecule has 4 aromatic carbocycles. The van der Waals surface area contributed by atoms with Crippen molar-refractivity contribution < 1.29 is 28.8 Å². The Hall–Kier alpha value is -5.86. The lowest BCUT2D eigenvalue weighted by atomic mass is 9.97. The van der Waals surface area contributed by atoms with E-state index in [1.807, 2.05) is 60.7 Å². The molecule has 2 aliphatic rings. The van der Waals surface area contributed by atoms with Crippen LogP contribution in [0.25, 0.3) is 0 Å². The van der Waals surface area contributed by atoms with Gasteiger partial charge in [0.2, 0.25) is 11.8 Å². The van der Waals surface area contributed by atoms with Crippen molar-refractivity contribution in [1.29, 1.82) is 0 Å². The summed E-state index contributed by atoms with van der Waals surface area (Å²) in [5, 5.41) is 21.4. The number of aromatic nitrogens is 2. The maximum absolute atomic E-state index is 10.7. The van der Waals surface area contributed by atoms with Crippen LogP contribution in [0.3, 0.4) is 0 Å². The molecule has 0 fully saturated rings. The molecule has 0 amide bonds. The van der Waals surface area contributed by atoms with Crippen molar-refractivity contribution in [2.24, 2.45) is 0 Å². The zero-order chi connectivity index (χ0) is 37.6. The lowest BCUT2D eigenvalue weighted by molar-refractivity contribution is -0.385. The Balaban J connectivity index is 0.000000167. The largest absolute Gasteiger partial charge is 0.485 e. The first kappa shape index (κ1) is 36.5. The van der Waals surface area contributed by atoms with Crippen LogP contribution >= 0.6 is 31.9 Å². The Morgan fingerprint density at radius 3 is 1.41 bits per heavy atom. The molecular weight excluding hydrogens is 824 g/mol. The van der Waals surface area contributed by atoms with Crippen LogP contribution in [0.4, 0.5) is 11.4 Å². The molecule has 14 heteroatoms. The molecular formula is C40H30Br2N4O8. The van der Waals surface area contributed by atoms with E-state index in [1.54, 1.807) is 0 Å². The second-order valence-corrected chi connectivity index (χ2v) is 14.2. The van der Waals surface area contributed by atoms with Crippen molar-refractivity contribution in [3.8, 4) is 34.8 Å². The average Bonchev–Trinajstić information content (AvgIpc) is 3.18. The Kier molecular flexibility index (Phi) is 11.1. The van der Waals surface area contributed by atoms with Gasteiger partial charge in [0.05, 0.1) is 9.85 Å². The molecule has 0 radical (unpaired) electrons. The standard InChI is InChI=1S/2C20H15BrN2O4/c2*21-15-3-1-2-13(10-15)18-7-4-14-11-17(6-8-19(14)27-18)26-20-9-5-16(12-22-20)23(24)25/h2*1-3,5-6,8-12,18H,4,7H2. The molecule has 2 aliphatic heterocycles. The number of hydrogen-bond donors (Lipinski definition) is 0. The van der Waals surface area contributed by atoms with Gasteiger partial charge in [0, 0.05) is 33.2 Å². The third-order valence-electron chi connectivity index (χ3n) is 8.70. The third-order valence-corrected chi connectivity index (χ3v) is 9.69. The first-order valence-electron chi connectivity index (χ1n) is 16.8. The Bertz CT molecular complexity index is 2150. The number of fused-ring (bicyclic) bond motifs is 2. The summed E-state index contributed by atoms with van der Waals surface area (Å²) in [6.45, 7) is 0. The van der Waals surface area contributed by atoms with Gasteiger partial charge in [0.25, 0.3) is 11.4 Å². The highest BCUT2D eigenvalue weighted by Gasteiger charge is 2.24. The number of nitro groups is 2. The zero-order valence-corrected chi connectivity index (χ0v) is 31.5. The second-order valence-electron chi connectivity index (χ2n) is 12.4. The third kappa shape index (κ3) is 9.01. The van der Waals surface area contributed by atoms with Crippen molar-refractivity contribution in [1.82, 2.24) is 9.97 Å². The Morgan fingerprint density at radius 1 is 0.593 bits per heavy atom.